The van der Waals surface area contributed by atoms with Gasteiger partial charge in [0, 0.05) is 6.26 Å². The van der Waals surface area contributed by atoms with E-state index in [0.717, 1.165) is 12.7 Å². The highest BCUT2D eigenvalue weighted by atomic mass is 35.5. The number of aromatic amines is 1. The van der Waals surface area contributed by atoms with E-state index < -0.39 is 21.8 Å². The zero-order valence-corrected chi connectivity index (χ0v) is 16.7. The van der Waals surface area contributed by atoms with Crippen molar-refractivity contribution in [1.82, 2.24) is 9.97 Å². The van der Waals surface area contributed by atoms with E-state index in [1.54, 1.807) is 13.0 Å². The molecule has 0 saturated heterocycles. The quantitative estimate of drug-likeness (QED) is 0.793. The van der Waals surface area contributed by atoms with Gasteiger partial charge < -0.3 is 9.72 Å². The fourth-order valence-electron chi connectivity index (χ4n) is 3.03. The van der Waals surface area contributed by atoms with Crippen LogP contribution in [0.3, 0.4) is 0 Å². The van der Waals surface area contributed by atoms with E-state index in [-0.39, 0.29) is 15.5 Å². The highest BCUT2D eigenvalue weighted by Crippen LogP contribution is 2.52. The lowest BCUT2D eigenvalue weighted by atomic mass is 10.1. The molecule has 0 spiro atoms. The van der Waals surface area contributed by atoms with Crippen molar-refractivity contribution < 1.29 is 17.5 Å². The van der Waals surface area contributed by atoms with Crippen LogP contribution in [0.15, 0.2) is 23.2 Å². The summed E-state index contributed by atoms with van der Waals surface area (Å²) in [5, 5.41) is -0.0319. The second-order valence-corrected chi connectivity index (χ2v) is 9.94. The highest BCUT2D eigenvalue weighted by Gasteiger charge is 2.46. The number of nitrogens with zero attached hydrogens (tertiary/aromatic N) is 1. The maximum atomic E-state index is 13.5. The lowest BCUT2D eigenvalue weighted by Crippen LogP contribution is -2.12. The number of hydrogen-bond donors (Lipinski definition) is 1. The Kier molecular flexibility index (Phi) is 4.92. The fraction of sp³-hybridized carbons (Fsp3) is 0.500. The van der Waals surface area contributed by atoms with Gasteiger partial charge >= 0.3 is 0 Å². The molecule has 1 saturated carbocycles. The third-order valence-corrected chi connectivity index (χ3v) is 6.28. The number of H-pyrrole nitrogens is 1. The van der Waals surface area contributed by atoms with E-state index in [4.69, 9.17) is 16.3 Å². The summed E-state index contributed by atoms with van der Waals surface area (Å²) in [6.07, 6.45) is 1.52. The molecule has 0 aliphatic heterocycles. The van der Waals surface area contributed by atoms with Crippen molar-refractivity contribution in [1.29, 1.82) is 0 Å². The van der Waals surface area contributed by atoms with Gasteiger partial charge in [0.2, 0.25) is 0 Å². The van der Waals surface area contributed by atoms with Gasteiger partial charge in [-0.2, -0.15) is 0 Å². The summed E-state index contributed by atoms with van der Waals surface area (Å²) in [5.74, 6) is 0.264. The first-order chi connectivity index (χ1) is 12.0. The van der Waals surface area contributed by atoms with Crippen LogP contribution in [-0.2, 0) is 14.6 Å². The van der Waals surface area contributed by atoms with Crippen LogP contribution in [0, 0.1) is 24.1 Å². The number of aromatic nitrogens is 2. The Morgan fingerprint density at radius 3 is 2.62 bits per heavy atom. The summed E-state index contributed by atoms with van der Waals surface area (Å²) in [4.78, 5) is 7.24. The van der Waals surface area contributed by atoms with Gasteiger partial charge in [0.05, 0.1) is 17.3 Å². The smallest absolute Gasteiger partial charge is 0.194 e. The third kappa shape index (κ3) is 3.94. The molecule has 1 aliphatic rings. The molecule has 8 heteroatoms. The zero-order chi connectivity index (χ0) is 19.3. The average Bonchev–Trinajstić information content (AvgIpc) is 2.93. The Morgan fingerprint density at radius 2 is 2.12 bits per heavy atom. The molecular weight excluding hydrogens is 379 g/mol. The van der Waals surface area contributed by atoms with Crippen LogP contribution in [0.25, 0.3) is 0 Å². The van der Waals surface area contributed by atoms with Gasteiger partial charge in [-0.15, -0.1) is 0 Å². The SMILES string of the molecule is Cc1[nH]c(C(OC[C@H]2CC2(C)C)c2ccc(F)c(Cl)c2)nc1S(C)(=O)=O. The number of benzene rings is 1. The van der Waals surface area contributed by atoms with E-state index >= 15 is 0 Å². The Bertz CT molecular complexity index is 940. The van der Waals surface area contributed by atoms with E-state index in [2.05, 4.69) is 23.8 Å². The molecule has 1 aliphatic carbocycles. The van der Waals surface area contributed by atoms with Crippen molar-refractivity contribution in [2.24, 2.45) is 11.3 Å². The van der Waals surface area contributed by atoms with Gasteiger partial charge in [-0.25, -0.2) is 17.8 Å². The standard InChI is InChI=1S/C18H22ClFN2O3S/c1-10-17(26(4,23)24)22-16(21-10)15(25-9-12-8-18(12,2)3)11-5-6-14(20)13(19)7-11/h5-7,12,15H,8-9H2,1-4H3,(H,21,22)/t12-,15?/m1/s1. The maximum absolute atomic E-state index is 13.5. The maximum Gasteiger partial charge on any atom is 0.194 e. The number of aryl methyl sites for hydroxylation is 1. The predicted octanol–water partition coefficient (Wildman–Crippen LogP) is 4.07. The summed E-state index contributed by atoms with van der Waals surface area (Å²) in [6.45, 7) is 6.49. The lowest BCUT2D eigenvalue weighted by molar-refractivity contribution is 0.0606. The van der Waals surface area contributed by atoms with Crippen LogP contribution in [0.5, 0.6) is 0 Å². The van der Waals surface area contributed by atoms with Crippen molar-refractivity contribution in [3.63, 3.8) is 0 Å². The lowest BCUT2D eigenvalue weighted by Gasteiger charge is -2.17. The van der Waals surface area contributed by atoms with Gasteiger partial charge in [-0.3, -0.25) is 0 Å². The molecule has 5 nitrogen and oxygen atoms in total. The topological polar surface area (TPSA) is 72.0 Å². The molecular formula is C18H22ClFN2O3S. The molecule has 142 valence electrons. The number of imidazole rings is 1. The summed E-state index contributed by atoms with van der Waals surface area (Å²) in [7, 11) is -3.46. The van der Waals surface area contributed by atoms with E-state index in [9.17, 15) is 12.8 Å². The number of sulfone groups is 1. The van der Waals surface area contributed by atoms with Gasteiger partial charge in [0.15, 0.2) is 14.9 Å². The number of nitrogens with one attached hydrogen (secondary N) is 1. The molecule has 1 unspecified atom stereocenters. The minimum Gasteiger partial charge on any atom is -0.365 e. The third-order valence-electron chi connectivity index (χ3n) is 4.89. The zero-order valence-electron chi connectivity index (χ0n) is 15.1. The molecule has 0 radical (unpaired) electrons. The Labute approximate surface area is 157 Å². The fourth-order valence-corrected chi connectivity index (χ4v) is 4.09. The first-order valence-electron chi connectivity index (χ1n) is 8.32. The van der Waals surface area contributed by atoms with E-state index in [1.807, 2.05) is 0 Å². The number of rotatable bonds is 6. The first kappa shape index (κ1) is 19.3. The number of ether oxygens (including phenoxy) is 1. The van der Waals surface area contributed by atoms with Crippen LogP contribution in [0.2, 0.25) is 5.02 Å². The van der Waals surface area contributed by atoms with Gasteiger partial charge in [-0.05, 0) is 42.4 Å². The highest BCUT2D eigenvalue weighted by molar-refractivity contribution is 7.90. The van der Waals surface area contributed by atoms with Crippen molar-refractivity contribution in [2.75, 3.05) is 12.9 Å². The first-order valence-corrected chi connectivity index (χ1v) is 10.6. The summed E-state index contributed by atoms with van der Waals surface area (Å²) < 4.78 is 43.4. The van der Waals surface area contributed by atoms with E-state index in [0.29, 0.717) is 29.6 Å². The molecule has 2 aromatic rings. The van der Waals surface area contributed by atoms with Crippen molar-refractivity contribution in [2.45, 2.75) is 38.3 Å². The van der Waals surface area contributed by atoms with Crippen molar-refractivity contribution >= 4 is 21.4 Å². The predicted molar refractivity (Wildman–Crippen MR) is 97.5 cm³/mol. The Hall–Kier alpha value is -1.44. The van der Waals surface area contributed by atoms with Crippen LogP contribution in [0.4, 0.5) is 4.39 Å². The summed E-state index contributed by atoms with van der Waals surface area (Å²) >= 11 is 5.92. The summed E-state index contributed by atoms with van der Waals surface area (Å²) in [5.41, 5.74) is 1.29. The minimum atomic E-state index is -3.46. The minimum absolute atomic E-state index is 0.0129. The Morgan fingerprint density at radius 1 is 1.46 bits per heavy atom. The van der Waals surface area contributed by atoms with Crippen LogP contribution >= 0.6 is 11.6 Å². The molecule has 26 heavy (non-hydrogen) atoms. The van der Waals surface area contributed by atoms with Crippen LogP contribution in [-0.4, -0.2) is 31.2 Å². The number of hydrogen-bond acceptors (Lipinski definition) is 4. The molecule has 1 N–H and O–H groups in total. The molecule has 3 rings (SSSR count). The van der Waals surface area contributed by atoms with E-state index in [1.165, 1.54) is 12.1 Å². The Balaban J connectivity index is 1.96. The molecule has 0 amide bonds. The average molecular weight is 401 g/mol. The number of halogens is 2. The largest absolute Gasteiger partial charge is 0.365 e. The molecule has 1 fully saturated rings. The van der Waals surface area contributed by atoms with Crippen LogP contribution < -0.4 is 0 Å². The molecule has 1 heterocycles. The van der Waals surface area contributed by atoms with Crippen LogP contribution in [0.1, 0.15) is 43.5 Å². The monoisotopic (exact) mass is 400 g/mol. The molecule has 0 bridgehead atoms. The molecule has 1 aromatic carbocycles. The molecule has 1 aromatic heterocycles. The van der Waals surface area contributed by atoms with Gasteiger partial charge in [0.25, 0.3) is 0 Å². The second-order valence-electron chi connectivity index (χ2n) is 7.60. The molecule has 2 atom stereocenters. The van der Waals surface area contributed by atoms with Gasteiger partial charge in [0.1, 0.15) is 17.7 Å². The second kappa shape index (κ2) is 6.62. The van der Waals surface area contributed by atoms with Crippen molar-refractivity contribution in [3.05, 3.63) is 46.1 Å². The summed E-state index contributed by atoms with van der Waals surface area (Å²) in [6, 6.07) is 4.32. The van der Waals surface area contributed by atoms with Gasteiger partial charge in [-0.1, -0.05) is 31.5 Å². The normalized spacial score (nSPS) is 20.2. The van der Waals surface area contributed by atoms with Crippen molar-refractivity contribution in [3.8, 4) is 0 Å².